The van der Waals surface area contributed by atoms with Gasteiger partial charge in [-0.05, 0) is 81.5 Å². The van der Waals surface area contributed by atoms with Gasteiger partial charge in [-0.2, -0.15) is 0 Å². The number of rotatable bonds is 10. The van der Waals surface area contributed by atoms with Gasteiger partial charge in [0.25, 0.3) is 0 Å². The molecule has 9 nitrogen and oxygen atoms in total. The van der Waals surface area contributed by atoms with Gasteiger partial charge in [0.05, 0.1) is 23.7 Å². The number of ketones is 1. The Morgan fingerprint density at radius 1 is 0.732 bits per heavy atom. The van der Waals surface area contributed by atoms with Crippen LogP contribution in [0.1, 0.15) is 68.1 Å². The summed E-state index contributed by atoms with van der Waals surface area (Å²) in [7, 11) is 0. The van der Waals surface area contributed by atoms with E-state index >= 15 is 0 Å². The molecular weight excluding hydrogens is 524 g/mol. The van der Waals surface area contributed by atoms with Crippen LogP contribution >= 0.6 is 0 Å². The molecule has 2 heterocycles. The number of carbonyl (C=O) groups excluding carboxylic acids is 6. The molecule has 6 aliphatic rings. The summed E-state index contributed by atoms with van der Waals surface area (Å²) in [6.45, 7) is -0.203. The fourth-order valence-corrected chi connectivity index (χ4v) is 9.33. The summed E-state index contributed by atoms with van der Waals surface area (Å²) in [6.07, 6.45) is 6.84. The lowest BCUT2D eigenvalue weighted by Gasteiger charge is -2.26. The molecule has 9 heteroatoms. The molecule has 2 saturated heterocycles. The monoisotopic (exact) mass is 560 g/mol. The van der Waals surface area contributed by atoms with E-state index in [4.69, 9.17) is 4.74 Å². The van der Waals surface area contributed by atoms with Crippen LogP contribution in [-0.2, 0) is 28.7 Å². The zero-order chi connectivity index (χ0) is 28.4. The zero-order valence-electron chi connectivity index (χ0n) is 23.1. The van der Waals surface area contributed by atoms with Gasteiger partial charge in [0.2, 0.25) is 23.6 Å². The number of imide groups is 2. The first-order chi connectivity index (χ1) is 19.8. The minimum Gasteiger partial charge on any atom is -0.456 e. The number of benzene rings is 1. The fourth-order valence-electron chi connectivity index (χ4n) is 9.33. The van der Waals surface area contributed by atoms with Crippen LogP contribution in [0.5, 0.6) is 0 Å². The molecular formula is C32H36N2O7. The normalized spacial score (nSPS) is 35.4. The smallest absolute Gasteiger partial charge is 0.329 e. The number of esters is 1. The van der Waals surface area contributed by atoms with Crippen molar-refractivity contribution in [2.75, 3.05) is 13.2 Å². The van der Waals surface area contributed by atoms with Gasteiger partial charge < -0.3 is 4.74 Å². The van der Waals surface area contributed by atoms with E-state index in [0.29, 0.717) is 30.2 Å². The van der Waals surface area contributed by atoms with Gasteiger partial charge in [0.15, 0.2) is 12.4 Å². The van der Waals surface area contributed by atoms with Gasteiger partial charge in [0, 0.05) is 12.1 Å². The topological polar surface area (TPSA) is 118 Å². The van der Waals surface area contributed by atoms with Crippen LogP contribution in [0.3, 0.4) is 0 Å². The minimum atomic E-state index is -1.12. The van der Waals surface area contributed by atoms with Gasteiger partial charge in [-0.1, -0.05) is 30.3 Å². The highest BCUT2D eigenvalue weighted by Crippen LogP contribution is 2.57. The number of nitrogens with zero attached hydrogens (tertiary/aromatic N) is 2. The first kappa shape index (κ1) is 26.5. The number of Topliss-reactive ketones (excluding diaryl/α,β-unsaturated/α-hetero) is 1. The molecule has 216 valence electrons. The molecule has 4 saturated carbocycles. The summed E-state index contributed by atoms with van der Waals surface area (Å²) in [5, 5.41) is 0. The molecule has 7 rings (SSSR count). The molecule has 0 N–H and O–H groups in total. The van der Waals surface area contributed by atoms with Crippen molar-refractivity contribution in [2.45, 2.75) is 63.8 Å². The first-order valence-electron chi connectivity index (χ1n) is 15.3. The predicted octanol–water partition coefficient (Wildman–Crippen LogP) is 3.01. The van der Waals surface area contributed by atoms with Crippen LogP contribution in [-0.4, -0.2) is 64.4 Å². The Kier molecular flexibility index (Phi) is 6.58. The van der Waals surface area contributed by atoms with Crippen LogP contribution in [0, 0.1) is 47.3 Å². The van der Waals surface area contributed by atoms with Crippen molar-refractivity contribution in [1.82, 2.24) is 9.80 Å². The maximum atomic E-state index is 13.5. The van der Waals surface area contributed by atoms with Crippen LogP contribution < -0.4 is 0 Å². The second-order valence-electron chi connectivity index (χ2n) is 13.1. The number of carbonyl (C=O) groups is 6. The van der Waals surface area contributed by atoms with Crippen molar-refractivity contribution < 1.29 is 33.5 Å². The SMILES string of the molecule is O=C(COC(=O)[C@H](CCCCN1C(=O)[C@H]2[C@@H]3CC[C@@H](C3)[C@@H]2C1=O)N1C(=O)[C@@H]2[C@@H]3CC[C@@H](C3)[C@@H]2C1=O)c1ccccc1. The quantitative estimate of drug-likeness (QED) is 0.187. The van der Waals surface area contributed by atoms with Crippen molar-refractivity contribution in [3.63, 3.8) is 0 Å². The van der Waals surface area contributed by atoms with E-state index in [9.17, 15) is 28.8 Å². The largest absolute Gasteiger partial charge is 0.456 e. The lowest BCUT2D eigenvalue weighted by Crippen LogP contribution is -2.47. The second-order valence-corrected chi connectivity index (χ2v) is 13.1. The van der Waals surface area contributed by atoms with E-state index in [1.54, 1.807) is 30.3 Å². The van der Waals surface area contributed by atoms with Crippen molar-refractivity contribution in [3.8, 4) is 0 Å². The number of hydrogen-bond donors (Lipinski definition) is 0. The highest BCUT2D eigenvalue weighted by Gasteiger charge is 2.63. The molecule has 0 aromatic heterocycles. The standard InChI is InChI=1S/C32H36N2O7/c35-23(17-6-2-1-3-7-17)16-41-32(40)22(34-30(38)26-20-11-12-21(15-20)27(26)31(34)39)8-4-5-13-33-28(36)24-18-9-10-19(14-18)25(24)29(33)37/h1-3,6-7,18-22,24-27H,4-5,8-16H2/t18-,19+,20-,21+,22-,24-,25-,26-,27+/m0/s1. The summed E-state index contributed by atoms with van der Waals surface area (Å²) >= 11 is 0. The van der Waals surface area contributed by atoms with Crippen LogP contribution in [0.25, 0.3) is 0 Å². The highest BCUT2D eigenvalue weighted by atomic mass is 16.5. The van der Waals surface area contributed by atoms with Gasteiger partial charge in [-0.3, -0.25) is 33.8 Å². The molecule has 1 aromatic rings. The molecule has 1 aromatic carbocycles. The Morgan fingerprint density at radius 3 is 1.78 bits per heavy atom. The fraction of sp³-hybridized carbons (Fsp3) is 0.625. The van der Waals surface area contributed by atoms with E-state index in [-0.39, 0.29) is 77.9 Å². The van der Waals surface area contributed by atoms with E-state index in [1.165, 1.54) is 4.90 Å². The third kappa shape index (κ3) is 4.17. The van der Waals surface area contributed by atoms with Gasteiger partial charge in [-0.25, -0.2) is 4.79 Å². The van der Waals surface area contributed by atoms with E-state index < -0.39 is 18.6 Å². The summed E-state index contributed by atoms with van der Waals surface area (Å²) < 4.78 is 5.41. The molecule has 41 heavy (non-hydrogen) atoms. The molecule has 4 aliphatic carbocycles. The average Bonchev–Trinajstić information content (AvgIpc) is 3.83. The van der Waals surface area contributed by atoms with Crippen LogP contribution in [0.2, 0.25) is 0 Å². The van der Waals surface area contributed by atoms with Crippen molar-refractivity contribution >= 4 is 35.4 Å². The molecule has 0 radical (unpaired) electrons. The van der Waals surface area contributed by atoms with Gasteiger partial charge in [-0.15, -0.1) is 0 Å². The summed E-state index contributed by atoms with van der Waals surface area (Å²) in [4.78, 5) is 81.7. The highest BCUT2D eigenvalue weighted by molar-refractivity contribution is 6.09. The molecule has 9 atom stereocenters. The average molecular weight is 561 g/mol. The Morgan fingerprint density at radius 2 is 1.24 bits per heavy atom. The minimum absolute atomic E-state index is 0.0595. The Balaban J connectivity index is 1.02. The molecule has 0 unspecified atom stereocenters. The number of unbranched alkanes of at least 4 members (excludes halogenated alkanes) is 1. The van der Waals surface area contributed by atoms with Gasteiger partial charge in [0.1, 0.15) is 6.04 Å². The third-order valence-corrected chi connectivity index (χ3v) is 11.1. The third-order valence-electron chi connectivity index (χ3n) is 11.1. The molecule has 4 amide bonds. The Hall–Kier alpha value is -3.36. The van der Waals surface area contributed by atoms with E-state index in [1.807, 2.05) is 0 Å². The lowest BCUT2D eigenvalue weighted by atomic mass is 9.81. The zero-order valence-corrected chi connectivity index (χ0v) is 23.1. The first-order valence-corrected chi connectivity index (χ1v) is 15.3. The number of amides is 4. The number of hydrogen-bond acceptors (Lipinski definition) is 7. The molecule has 6 fully saturated rings. The van der Waals surface area contributed by atoms with E-state index in [0.717, 1.165) is 43.4 Å². The number of ether oxygens (including phenoxy) is 1. The number of likely N-dealkylation sites (tertiary alicyclic amines) is 2. The Labute approximate surface area is 238 Å². The maximum Gasteiger partial charge on any atom is 0.329 e. The number of fused-ring (bicyclic) bond motifs is 10. The second kappa shape index (κ2) is 10.2. The van der Waals surface area contributed by atoms with E-state index in [2.05, 4.69) is 0 Å². The summed E-state index contributed by atoms with van der Waals surface area (Å²) in [5.41, 5.74) is 0.412. The molecule has 4 bridgehead atoms. The molecule has 0 spiro atoms. The van der Waals surface area contributed by atoms with Crippen molar-refractivity contribution in [2.24, 2.45) is 47.3 Å². The Bertz CT molecular complexity index is 1250. The lowest BCUT2D eigenvalue weighted by molar-refractivity contribution is -0.159. The van der Waals surface area contributed by atoms with Crippen LogP contribution in [0.15, 0.2) is 30.3 Å². The summed E-state index contributed by atoms with van der Waals surface area (Å²) in [6, 6.07) is 7.38. The maximum absolute atomic E-state index is 13.5. The van der Waals surface area contributed by atoms with Crippen LogP contribution in [0.4, 0.5) is 0 Å². The van der Waals surface area contributed by atoms with Crippen molar-refractivity contribution in [1.29, 1.82) is 0 Å². The summed E-state index contributed by atoms with van der Waals surface area (Å²) in [5.74, 6) is -1.87. The molecule has 2 aliphatic heterocycles. The predicted molar refractivity (Wildman–Crippen MR) is 144 cm³/mol. The van der Waals surface area contributed by atoms with Crippen molar-refractivity contribution in [3.05, 3.63) is 35.9 Å². The van der Waals surface area contributed by atoms with Gasteiger partial charge >= 0.3 is 5.97 Å².